The number of unbranched alkanes of at least 4 members (excludes halogenated alkanes) is 2. The normalized spacial score (nSPS) is 14.3. The number of carbonyl (C=O) groups is 2. The van der Waals surface area contributed by atoms with E-state index in [1.165, 1.54) is 0 Å². The first kappa shape index (κ1) is 22.2. The van der Waals surface area contributed by atoms with Gasteiger partial charge in [0, 0.05) is 12.5 Å². The fourth-order valence-electron chi connectivity index (χ4n) is 2.88. The number of benzene rings is 1. The molecule has 0 bridgehead atoms. The van der Waals surface area contributed by atoms with Gasteiger partial charge in [0.25, 0.3) is 5.91 Å². The van der Waals surface area contributed by atoms with Gasteiger partial charge < -0.3 is 15.7 Å². The van der Waals surface area contributed by atoms with Gasteiger partial charge in [0.2, 0.25) is 5.91 Å². The van der Waals surface area contributed by atoms with Gasteiger partial charge in [-0.05, 0) is 18.4 Å². The summed E-state index contributed by atoms with van der Waals surface area (Å²) < 4.78 is 0. The van der Waals surface area contributed by atoms with Crippen molar-refractivity contribution in [2.45, 2.75) is 78.0 Å². The van der Waals surface area contributed by atoms with E-state index in [1.807, 2.05) is 44.2 Å². The van der Waals surface area contributed by atoms with Crippen LogP contribution in [-0.2, 0) is 16.1 Å². The zero-order chi connectivity index (χ0) is 19.4. The highest BCUT2D eigenvalue weighted by Crippen LogP contribution is 2.11. The molecular formula is C21H34N2O3. The van der Waals surface area contributed by atoms with Crippen molar-refractivity contribution in [3.8, 4) is 0 Å². The number of hydrogen-bond donors (Lipinski definition) is 3. The summed E-state index contributed by atoms with van der Waals surface area (Å²) in [5.74, 6) is -0.657. The molecule has 0 spiro atoms. The molecule has 3 atom stereocenters. The molecule has 0 saturated heterocycles. The van der Waals surface area contributed by atoms with Crippen LogP contribution in [0.2, 0.25) is 0 Å². The van der Waals surface area contributed by atoms with Crippen molar-refractivity contribution in [1.29, 1.82) is 0 Å². The van der Waals surface area contributed by atoms with E-state index >= 15 is 0 Å². The lowest BCUT2D eigenvalue weighted by molar-refractivity contribution is -0.133. The van der Waals surface area contributed by atoms with Crippen LogP contribution in [0.3, 0.4) is 0 Å². The van der Waals surface area contributed by atoms with Crippen molar-refractivity contribution in [1.82, 2.24) is 10.6 Å². The van der Waals surface area contributed by atoms with Gasteiger partial charge in [-0.25, -0.2) is 0 Å². The Morgan fingerprint density at radius 1 is 1.00 bits per heavy atom. The van der Waals surface area contributed by atoms with Crippen LogP contribution in [0.5, 0.6) is 0 Å². The van der Waals surface area contributed by atoms with Crippen LogP contribution in [0.1, 0.15) is 64.9 Å². The summed E-state index contributed by atoms with van der Waals surface area (Å²) in [7, 11) is 0. The molecule has 5 nitrogen and oxygen atoms in total. The summed E-state index contributed by atoms with van der Waals surface area (Å²) in [5.41, 5.74) is 0.969. The van der Waals surface area contributed by atoms with Crippen molar-refractivity contribution in [2.24, 2.45) is 5.92 Å². The minimum atomic E-state index is -1.24. The number of nitrogens with one attached hydrogen (secondary N) is 2. The molecular weight excluding hydrogens is 328 g/mol. The van der Waals surface area contributed by atoms with Gasteiger partial charge >= 0.3 is 0 Å². The van der Waals surface area contributed by atoms with Crippen molar-refractivity contribution >= 4 is 11.8 Å². The van der Waals surface area contributed by atoms with E-state index in [1.54, 1.807) is 0 Å². The largest absolute Gasteiger partial charge is 0.381 e. The van der Waals surface area contributed by atoms with Crippen molar-refractivity contribution in [3.05, 3.63) is 35.9 Å². The first-order valence-electron chi connectivity index (χ1n) is 9.79. The Morgan fingerprint density at radius 2 is 1.69 bits per heavy atom. The summed E-state index contributed by atoms with van der Waals surface area (Å²) in [6.07, 6.45) is 4.00. The lowest BCUT2D eigenvalue weighted by atomic mass is 9.99. The van der Waals surface area contributed by atoms with E-state index in [2.05, 4.69) is 17.6 Å². The van der Waals surface area contributed by atoms with Gasteiger partial charge in [-0.2, -0.15) is 0 Å². The van der Waals surface area contributed by atoms with E-state index in [9.17, 15) is 14.7 Å². The maximum absolute atomic E-state index is 12.4. The minimum absolute atomic E-state index is 0.0942. The smallest absolute Gasteiger partial charge is 0.251 e. The number of hydrogen-bond acceptors (Lipinski definition) is 3. The molecule has 0 radical (unpaired) electrons. The molecule has 5 heteroatoms. The van der Waals surface area contributed by atoms with E-state index in [4.69, 9.17) is 0 Å². The Balaban J connectivity index is 2.64. The Hall–Kier alpha value is -1.88. The average Bonchev–Trinajstić information content (AvgIpc) is 2.65. The third-order valence-corrected chi connectivity index (χ3v) is 4.57. The third-order valence-electron chi connectivity index (χ3n) is 4.57. The standard InChI is InChI=1S/C21H34N2O3/c1-4-6-8-14-18(23-20(25)16(3)11-5-2)19(24)21(26)22-15-17-12-9-7-10-13-17/h7,9-10,12-13,16,18-19,24H,4-6,8,11,14-15H2,1-3H3,(H,22,26)(H,23,25). The van der Waals surface area contributed by atoms with Crippen molar-refractivity contribution in [3.63, 3.8) is 0 Å². The molecule has 0 aromatic heterocycles. The fraction of sp³-hybridized carbons (Fsp3) is 0.619. The monoisotopic (exact) mass is 362 g/mol. The lowest BCUT2D eigenvalue weighted by Gasteiger charge is -2.25. The molecule has 146 valence electrons. The Kier molecular flexibility index (Phi) is 10.6. The van der Waals surface area contributed by atoms with Crippen LogP contribution < -0.4 is 10.6 Å². The van der Waals surface area contributed by atoms with Gasteiger partial charge in [0.05, 0.1) is 6.04 Å². The third kappa shape index (κ3) is 8.00. The maximum Gasteiger partial charge on any atom is 0.251 e. The fourth-order valence-corrected chi connectivity index (χ4v) is 2.88. The summed E-state index contributed by atoms with van der Waals surface area (Å²) in [4.78, 5) is 24.7. The summed E-state index contributed by atoms with van der Waals surface area (Å²) >= 11 is 0. The number of carbonyl (C=O) groups excluding carboxylic acids is 2. The molecule has 2 amide bonds. The number of amides is 2. The van der Waals surface area contributed by atoms with Gasteiger partial charge in [-0.15, -0.1) is 0 Å². The number of rotatable bonds is 12. The topological polar surface area (TPSA) is 78.4 Å². The quantitative estimate of drug-likeness (QED) is 0.500. The first-order chi connectivity index (χ1) is 12.5. The Bertz CT molecular complexity index is 533. The predicted octanol–water partition coefficient (Wildman–Crippen LogP) is 3.17. The second kappa shape index (κ2) is 12.5. The van der Waals surface area contributed by atoms with Crippen LogP contribution in [0.25, 0.3) is 0 Å². The number of aliphatic hydroxyl groups excluding tert-OH is 1. The molecule has 1 aromatic rings. The molecule has 0 heterocycles. The molecule has 0 aliphatic rings. The van der Waals surface area contributed by atoms with Crippen LogP contribution in [-0.4, -0.2) is 29.1 Å². The molecule has 0 aliphatic carbocycles. The molecule has 26 heavy (non-hydrogen) atoms. The van der Waals surface area contributed by atoms with Crippen LogP contribution in [0, 0.1) is 5.92 Å². The van der Waals surface area contributed by atoms with Gasteiger partial charge in [0.15, 0.2) is 6.10 Å². The second-order valence-electron chi connectivity index (χ2n) is 6.95. The predicted molar refractivity (Wildman–Crippen MR) is 104 cm³/mol. The molecule has 1 rings (SSSR count). The molecule has 0 fully saturated rings. The molecule has 0 aliphatic heterocycles. The first-order valence-corrected chi connectivity index (χ1v) is 9.79. The van der Waals surface area contributed by atoms with E-state index in [0.29, 0.717) is 13.0 Å². The van der Waals surface area contributed by atoms with Crippen LogP contribution >= 0.6 is 0 Å². The Morgan fingerprint density at radius 3 is 2.31 bits per heavy atom. The van der Waals surface area contributed by atoms with Crippen molar-refractivity contribution in [2.75, 3.05) is 0 Å². The summed E-state index contributed by atoms with van der Waals surface area (Å²) in [5, 5.41) is 16.1. The SMILES string of the molecule is CCCCCC(NC(=O)C(C)CCC)C(O)C(=O)NCc1ccccc1. The summed E-state index contributed by atoms with van der Waals surface area (Å²) in [6, 6.07) is 9.00. The van der Waals surface area contributed by atoms with Crippen LogP contribution in [0.15, 0.2) is 30.3 Å². The molecule has 3 N–H and O–H groups in total. The maximum atomic E-state index is 12.4. The van der Waals surface area contributed by atoms with Gasteiger partial charge in [-0.1, -0.05) is 76.8 Å². The van der Waals surface area contributed by atoms with E-state index in [0.717, 1.165) is 37.7 Å². The van der Waals surface area contributed by atoms with Gasteiger partial charge in [0.1, 0.15) is 0 Å². The van der Waals surface area contributed by atoms with E-state index < -0.39 is 18.1 Å². The zero-order valence-electron chi connectivity index (χ0n) is 16.3. The highest BCUT2D eigenvalue weighted by atomic mass is 16.3. The molecule has 0 saturated carbocycles. The van der Waals surface area contributed by atoms with E-state index in [-0.39, 0.29) is 11.8 Å². The highest BCUT2D eigenvalue weighted by Gasteiger charge is 2.28. The molecule has 3 unspecified atom stereocenters. The minimum Gasteiger partial charge on any atom is -0.381 e. The molecule has 1 aromatic carbocycles. The average molecular weight is 363 g/mol. The summed E-state index contributed by atoms with van der Waals surface area (Å²) in [6.45, 7) is 6.37. The lowest BCUT2D eigenvalue weighted by Crippen LogP contribution is -2.51. The van der Waals surface area contributed by atoms with Crippen LogP contribution in [0.4, 0.5) is 0 Å². The number of aliphatic hydroxyl groups is 1. The van der Waals surface area contributed by atoms with Crippen molar-refractivity contribution < 1.29 is 14.7 Å². The zero-order valence-corrected chi connectivity index (χ0v) is 16.3. The Labute approximate surface area is 157 Å². The second-order valence-corrected chi connectivity index (χ2v) is 6.95. The van der Waals surface area contributed by atoms with Gasteiger partial charge in [-0.3, -0.25) is 9.59 Å². The highest BCUT2D eigenvalue weighted by molar-refractivity contribution is 5.83.